The number of nitrogens with zero attached hydrogens (tertiary/aromatic N) is 1. The Kier molecular flexibility index (Phi) is 2.73. The highest BCUT2D eigenvalue weighted by Gasteiger charge is 2.33. The number of aryl methyl sites for hydroxylation is 1. The van der Waals surface area contributed by atoms with Crippen molar-refractivity contribution in [2.24, 2.45) is 0 Å². The lowest BCUT2D eigenvalue weighted by Crippen LogP contribution is -2.10. The molecule has 0 amide bonds. The molecule has 0 saturated heterocycles. The number of hydrogen-bond donors (Lipinski definition) is 0. The number of aromatic nitrogens is 1. The van der Waals surface area contributed by atoms with Crippen LogP contribution in [0.2, 0.25) is 0 Å². The molecule has 0 aromatic carbocycles. The van der Waals surface area contributed by atoms with Crippen LogP contribution in [0.5, 0.6) is 0 Å². The fourth-order valence-corrected chi connectivity index (χ4v) is 1.59. The highest BCUT2D eigenvalue weighted by molar-refractivity contribution is 7.86. The van der Waals surface area contributed by atoms with Crippen molar-refractivity contribution in [1.82, 2.24) is 4.98 Å². The van der Waals surface area contributed by atoms with Crippen LogP contribution in [0.4, 0.5) is 17.1 Å². The minimum absolute atomic E-state index is 0.416. The Morgan fingerprint density at radius 3 is 2.13 bits per heavy atom. The smallest absolute Gasteiger partial charge is 0.247 e. The monoisotopic (exact) mass is 243 g/mol. The van der Waals surface area contributed by atoms with Gasteiger partial charge in [-0.05, 0) is 19.1 Å². The molecule has 0 bridgehead atoms. The van der Waals surface area contributed by atoms with Crippen molar-refractivity contribution in [3.8, 4) is 0 Å². The van der Waals surface area contributed by atoms with E-state index in [1.165, 1.54) is 0 Å². The van der Waals surface area contributed by atoms with Crippen LogP contribution in [0.1, 0.15) is 11.4 Å². The van der Waals surface area contributed by atoms with E-state index >= 15 is 0 Å². The van der Waals surface area contributed by atoms with Gasteiger partial charge in [0.05, 0.1) is 5.69 Å². The number of halogens is 4. The third kappa shape index (κ3) is 2.65. The number of alkyl halides is 3. The van der Waals surface area contributed by atoms with Gasteiger partial charge in [0.15, 0.2) is 0 Å². The normalized spacial score (nSPS) is 12.9. The average molecular weight is 243 g/mol. The van der Waals surface area contributed by atoms with Gasteiger partial charge in [-0.25, -0.2) is 4.98 Å². The van der Waals surface area contributed by atoms with Crippen LogP contribution < -0.4 is 0 Å². The minimum Gasteiger partial charge on any atom is -0.247 e. The number of rotatable bonds is 1. The van der Waals surface area contributed by atoms with Gasteiger partial charge in [-0.3, -0.25) is 0 Å². The summed E-state index contributed by atoms with van der Waals surface area (Å²) in [5, 5.41) is 0. The van der Waals surface area contributed by atoms with Crippen molar-refractivity contribution in [2.75, 3.05) is 0 Å². The molecule has 8 heteroatoms. The van der Waals surface area contributed by atoms with E-state index in [-0.39, 0.29) is 0 Å². The molecule has 1 rings (SSSR count). The Morgan fingerprint density at radius 2 is 1.80 bits per heavy atom. The van der Waals surface area contributed by atoms with Gasteiger partial charge in [-0.15, -0.1) is 3.89 Å². The maximum Gasteiger partial charge on any atom is 0.433 e. The van der Waals surface area contributed by atoms with E-state index in [4.69, 9.17) is 0 Å². The van der Waals surface area contributed by atoms with Gasteiger partial charge < -0.3 is 0 Å². The van der Waals surface area contributed by atoms with E-state index in [0.29, 0.717) is 12.1 Å². The molecule has 0 unspecified atom stereocenters. The van der Waals surface area contributed by atoms with Crippen molar-refractivity contribution in [1.29, 1.82) is 0 Å². The fraction of sp³-hybridized carbons (Fsp3) is 0.286. The molecule has 1 aromatic heterocycles. The Bertz CT molecular complexity index is 480. The molecule has 1 aromatic rings. The Hall–Kier alpha value is -1.18. The molecule has 0 radical (unpaired) electrons. The molecule has 1 heterocycles. The van der Waals surface area contributed by atoms with Gasteiger partial charge >= 0.3 is 16.4 Å². The third-order valence-corrected chi connectivity index (χ3v) is 2.55. The third-order valence-electron chi connectivity index (χ3n) is 1.59. The maximum absolute atomic E-state index is 12.5. The molecule has 0 saturated carbocycles. The summed E-state index contributed by atoms with van der Waals surface area (Å²) in [4.78, 5) is 2.12. The zero-order valence-corrected chi connectivity index (χ0v) is 8.16. The van der Waals surface area contributed by atoms with Gasteiger partial charge in [-0.2, -0.15) is 21.6 Å². The van der Waals surface area contributed by atoms with E-state index in [1.54, 1.807) is 0 Å². The lowest BCUT2D eigenvalue weighted by molar-refractivity contribution is -0.141. The Balaban J connectivity index is 3.34. The van der Waals surface area contributed by atoms with Crippen LogP contribution in [-0.2, 0) is 16.4 Å². The first-order chi connectivity index (χ1) is 6.62. The largest absolute Gasteiger partial charge is 0.433 e. The van der Waals surface area contributed by atoms with E-state index in [2.05, 4.69) is 4.98 Å². The van der Waals surface area contributed by atoms with Crippen LogP contribution in [0.3, 0.4) is 0 Å². The summed E-state index contributed by atoms with van der Waals surface area (Å²) in [6, 6.07) is 0.958. The van der Waals surface area contributed by atoms with E-state index in [9.17, 15) is 25.5 Å². The lowest BCUT2D eigenvalue weighted by atomic mass is 10.3. The lowest BCUT2D eigenvalue weighted by Gasteiger charge is -2.07. The van der Waals surface area contributed by atoms with Crippen molar-refractivity contribution in [3.05, 3.63) is 23.5 Å². The number of pyridine rings is 1. The topological polar surface area (TPSA) is 47.0 Å². The van der Waals surface area contributed by atoms with Gasteiger partial charge in [0, 0.05) is 0 Å². The zero-order chi connectivity index (χ0) is 11.9. The average Bonchev–Trinajstić information content (AvgIpc) is 1.99. The van der Waals surface area contributed by atoms with Crippen LogP contribution >= 0.6 is 0 Å². The summed E-state index contributed by atoms with van der Waals surface area (Å²) in [6.07, 6.45) is -4.68. The van der Waals surface area contributed by atoms with E-state index in [1.807, 2.05) is 0 Å². The predicted molar refractivity (Wildman–Crippen MR) is 42.3 cm³/mol. The second-order valence-electron chi connectivity index (χ2n) is 2.72. The quantitative estimate of drug-likeness (QED) is 0.560. The molecular weight excluding hydrogens is 238 g/mol. The minimum atomic E-state index is -5.03. The Morgan fingerprint density at radius 1 is 1.27 bits per heavy atom. The van der Waals surface area contributed by atoms with Crippen molar-refractivity contribution >= 4 is 10.2 Å². The molecule has 0 N–H and O–H groups in total. The summed E-state index contributed by atoms with van der Waals surface area (Å²) in [5.41, 5.74) is -1.78. The van der Waals surface area contributed by atoms with Crippen LogP contribution in [0.15, 0.2) is 17.0 Å². The molecule has 0 atom stereocenters. The molecule has 3 nitrogen and oxygen atoms in total. The first-order valence-electron chi connectivity index (χ1n) is 3.62. The van der Waals surface area contributed by atoms with E-state index < -0.39 is 32.7 Å². The molecule has 84 valence electrons. The van der Waals surface area contributed by atoms with Crippen molar-refractivity contribution in [2.45, 2.75) is 18.0 Å². The van der Waals surface area contributed by atoms with Gasteiger partial charge in [-0.1, -0.05) is 0 Å². The molecule has 0 spiro atoms. The van der Waals surface area contributed by atoms with Gasteiger partial charge in [0.1, 0.15) is 10.6 Å². The molecular formula is C7H5F4NO2S. The van der Waals surface area contributed by atoms with E-state index in [0.717, 1.165) is 6.92 Å². The Labute approximate surface area is 83.0 Å². The second kappa shape index (κ2) is 3.44. The molecule has 0 aliphatic heterocycles. The highest BCUT2D eigenvalue weighted by Crippen LogP contribution is 2.29. The summed E-state index contributed by atoms with van der Waals surface area (Å²) in [5.74, 6) is 0. The predicted octanol–water partition coefficient (Wildman–Crippen LogP) is 2.07. The highest BCUT2D eigenvalue weighted by atomic mass is 32.3. The van der Waals surface area contributed by atoms with Crippen LogP contribution in [0.25, 0.3) is 0 Å². The van der Waals surface area contributed by atoms with Gasteiger partial charge in [0.2, 0.25) is 0 Å². The van der Waals surface area contributed by atoms with Gasteiger partial charge in [0.25, 0.3) is 0 Å². The summed E-state index contributed by atoms with van der Waals surface area (Å²) in [6.45, 7) is 0.988. The van der Waals surface area contributed by atoms with Crippen molar-refractivity contribution in [3.63, 3.8) is 0 Å². The SMILES string of the molecule is Cc1nc(C(F)(F)F)ccc1S(=O)(=O)F. The zero-order valence-electron chi connectivity index (χ0n) is 7.34. The first kappa shape index (κ1) is 11.9. The summed E-state index contributed by atoms with van der Waals surface area (Å²) >= 11 is 0. The molecule has 0 fully saturated rings. The van der Waals surface area contributed by atoms with Crippen LogP contribution in [-0.4, -0.2) is 13.4 Å². The maximum atomic E-state index is 12.5. The molecule has 0 aliphatic rings. The van der Waals surface area contributed by atoms with Crippen molar-refractivity contribution < 1.29 is 25.5 Å². The molecule has 0 aliphatic carbocycles. The fourth-order valence-electron chi connectivity index (χ4n) is 0.964. The summed E-state index contributed by atoms with van der Waals surface area (Å²) in [7, 11) is -5.03. The first-order valence-corrected chi connectivity index (χ1v) is 5.00. The standard InChI is InChI=1S/C7H5F4NO2S/c1-4-5(15(11,13)14)2-3-6(12-4)7(8,9)10/h2-3H,1H3. The summed E-state index contributed by atoms with van der Waals surface area (Å²) < 4.78 is 69.6. The van der Waals surface area contributed by atoms with Crippen LogP contribution in [0, 0.1) is 6.92 Å². The second-order valence-corrected chi connectivity index (χ2v) is 4.03. The number of hydrogen-bond acceptors (Lipinski definition) is 3. The molecule has 15 heavy (non-hydrogen) atoms.